The van der Waals surface area contributed by atoms with Gasteiger partial charge in [0, 0.05) is 49.6 Å². The van der Waals surface area contributed by atoms with Crippen LogP contribution in [0.4, 0.5) is 0 Å². The molecule has 4 N–H and O–H groups in total. The third kappa shape index (κ3) is 5.40. The Morgan fingerprint density at radius 1 is 1.09 bits per heavy atom. The van der Waals surface area contributed by atoms with Gasteiger partial charge < -0.3 is 26.0 Å². The third-order valence-electron chi connectivity index (χ3n) is 9.34. The Kier molecular flexibility index (Phi) is 7.42. The summed E-state index contributed by atoms with van der Waals surface area (Å²) in [6.45, 7) is 9.88. The standard InChI is InChI=1S/C26H46N4O3/c1-15-6-7-19(29-24(31)17-8-9-27-23(12-17)26(3,4)33)13-20(15)21-11-18-14-28-16(2)10-22(18)30(5)25(21)32/h15-23,27-28,33H,6-14H2,1-5H3,(H,29,31). The number of hydrogen-bond acceptors (Lipinski definition) is 5. The molecule has 3 aliphatic heterocycles. The van der Waals surface area contributed by atoms with Crippen LogP contribution in [-0.4, -0.2) is 71.7 Å². The van der Waals surface area contributed by atoms with Gasteiger partial charge in [0.1, 0.15) is 0 Å². The molecule has 1 aliphatic carbocycles. The van der Waals surface area contributed by atoms with E-state index >= 15 is 0 Å². The Morgan fingerprint density at radius 2 is 1.85 bits per heavy atom. The smallest absolute Gasteiger partial charge is 0.225 e. The number of aliphatic hydroxyl groups is 1. The first kappa shape index (κ1) is 24.9. The van der Waals surface area contributed by atoms with Crippen LogP contribution in [0, 0.1) is 29.6 Å². The molecule has 7 nitrogen and oxygen atoms in total. The number of rotatable bonds is 4. The van der Waals surface area contributed by atoms with Gasteiger partial charge in [-0.15, -0.1) is 0 Å². The van der Waals surface area contributed by atoms with E-state index in [9.17, 15) is 14.7 Å². The maximum Gasteiger partial charge on any atom is 0.225 e. The van der Waals surface area contributed by atoms with Crippen LogP contribution < -0.4 is 16.0 Å². The second kappa shape index (κ2) is 9.82. The second-order valence-electron chi connectivity index (χ2n) is 12.2. The Morgan fingerprint density at radius 3 is 2.58 bits per heavy atom. The van der Waals surface area contributed by atoms with Crippen molar-refractivity contribution in [2.45, 2.75) is 102 Å². The second-order valence-corrected chi connectivity index (χ2v) is 12.2. The van der Waals surface area contributed by atoms with Crippen molar-refractivity contribution in [3.8, 4) is 0 Å². The third-order valence-corrected chi connectivity index (χ3v) is 9.34. The van der Waals surface area contributed by atoms with Crippen LogP contribution >= 0.6 is 0 Å². The molecule has 3 saturated heterocycles. The van der Waals surface area contributed by atoms with E-state index in [-0.39, 0.29) is 29.8 Å². The number of amides is 2. The summed E-state index contributed by atoms with van der Waals surface area (Å²) in [6, 6.07) is 0.922. The quantitative estimate of drug-likeness (QED) is 0.512. The Balaban J connectivity index is 1.38. The molecule has 0 aromatic heterocycles. The minimum Gasteiger partial charge on any atom is -0.389 e. The lowest BCUT2D eigenvalue weighted by atomic mass is 9.65. The Labute approximate surface area is 199 Å². The lowest BCUT2D eigenvalue weighted by molar-refractivity contribution is -0.148. The summed E-state index contributed by atoms with van der Waals surface area (Å²) >= 11 is 0. The van der Waals surface area contributed by atoms with Gasteiger partial charge in [-0.3, -0.25) is 9.59 Å². The molecule has 1 saturated carbocycles. The fraction of sp³-hybridized carbons (Fsp3) is 0.923. The normalized spacial score (nSPS) is 42.5. The number of nitrogens with zero attached hydrogens (tertiary/aromatic N) is 1. The number of hydrogen-bond donors (Lipinski definition) is 4. The minimum absolute atomic E-state index is 0.0565. The van der Waals surface area contributed by atoms with Crippen LogP contribution in [0.25, 0.3) is 0 Å². The summed E-state index contributed by atoms with van der Waals surface area (Å²) in [5, 5.41) is 20.7. The van der Waals surface area contributed by atoms with E-state index in [4.69, 9.17) is 0 Å². The highest BCUT2D eigenvalue weighted by Crippen LogP contribution is 2.43. The summed E-state index contributed by atoms with van der Waals surface area (Å²) in [5.41, 5.74) is -0.832. The van der Waals surface area contributed by atoms with Crippen molar-refractivity contribution in [1.82, 2.24) is 20.9 Å². The molecular formula is C26H46N4O3. The van der Waals surface area contributed by atoms with Crippen LogP contribution in [0.1, 0.15) is 72.6 Å². The van der Waals surface area contributed by atoms with Crippen LogP contribution in [0.3, 0.4) is 0 Å². The summed E-state index contributed by atoms with van der Waals surface area (Å²) in [6.07, 6.45) is 6.45. The maximum atomic E-state index is 13.4. The van der Waals surface area contributed by atoms with Gasteiger partial charge >= 0.3 is 0 Å². The van der Waals surface area contributed by atoms with Crippen molar-refractivity contribution in [3.05, 3.63) is 0 Å². The molecule has 9 atom stereocenters. The Bertz CT molecular complexity index is 723. The van der Waals surface area contributed by atoms with E-state index in [2.05, 4.69) is 34.7 Å². The molecule has 9 unspecified atom stereocenters. The van der Waals surface area contributed by atoms with Crippen molar-refractivity contribution in [2.75, 3.05) is 20.1 Å². The van der Waals surface area contributed by atoms with E-state index in [1.807, 2.05) is 20.9 Å². The van der Waals surface area contributed by atoms with Gasteiger partial charge in [-0.1, -0.05) is 6.92 Å². The largest absolute Gasteiger partial charge is 0.389 e. The number of fused-ring (bicyclic) bond motifs is 1. The first-order chi connectivity index (χ1) is 15.5. The molecule has 4 rings (SSSR count). The predicted molar refractivity (Wildman–Crippen MR) is 129 cm³/mol. The molecule has 188 valence electrons. The van der Waals surface area contributed by atoms with Gasteiger partial charge in [0.05, 0.1) is 5.60 Å². The fourth-order valence-electron chi connectivity index (χ4n) is 7.11. The van der Waals surface area contributed by atoms with Gasteiger partial charge in [-0.05, 0) is 90.0 Å². The first-order valence-electron chi connectivity index (χ1n) is 13.3. The molecule has 3 heterocycles. The number of carbonyl (C=O) groups is 2. The van der Waals surface area contributed by atoms with E-state index in [0.717, 1.165) is 51.6 Å². The zero-order valence-corrected chi connectivity index (χ0v) is 21.3. The highest BCUT2D eigenvalue weighted by Gasteiger charge is 2.47. The van der Waals surface area contributed by atoms with Crippen molar-refractivity contribution in [1.29, 1.82) is 0 Å². The van der Waals surface area contributed by atoms with Crippen LogP contribution in [0.5, 0.6) is 0 Å². The predicted octanol–water partition coefficient (Wildman–Crippen LogP) is 1.89. The summed E-state index contributed by atoms with van der Waals surface area (Å²) in [4.78, 5) is 28.6. The average molecular weight is 463 g/mol. The highest BCUT2D eigenvalue weighted by molar-refractivity contribution is 5.81. The van der Waals surface area contributed by atoms with E-state index in [0.29, 0.717) is 42.2 Å². The molecule has 0 radical (unpaired) electrons. The topological polar surface area (TPSA) is 93.7 Å². The van der Waals surface area contributed by atoms with Crippen LogP contribution in [0.2, 0.25) is 0 Å². The zero-order valence-electron chi connectivity index (χ0n) is 21.3. The van der Waals surface area contributed by atoms with Gasteiger partial charge in [0.25, 0.3) is 0 Å². The molecule has 0 spiro atoms. The molecule has 2 amide bonds. The summed E-state index contributed by atoms with van der Waals surface area (Å²) in [7, 11) is 2.01. The fourth-order valence-corrected chi connectivity index (χ4v) is 7.11. The molecular weight excluding hydrogens is 416 g/mol. The molecule has 0 aromatic rings. The van der Waals surface area contributed by atoms with E-state index in [1.54, 1.807) is 0 Å². The van der Waals surface area contributed by atoms with E-state index < -0.39 is 5.60 Å². The van der Waals surface area contributed by atoms with Gasteiger partial charge in [0.15, 0.2) is 0 Å². The van der Waals surface area contributed by atoms with Crippen molar-refractivity contribution in [3.63, 3.8) is 0 Å². The monoisotopic (exact) mass is 462 g/mol. The van der Waals surface area contributed by atoms with Crippen LogP contribution in [-0.2, 0) is 9.59 Å². The minimum atomic E-state index is -0.832. The highest BCUT2D eigenvalue weighted by atomic mass is 16.3. The molecule has 7 heteroatoms. The lowest BCUT2D eigenvalue weighted by Gasteiger charge is -2.50. The summed E-state index contributed by atoms with van der Waals surface area (Å²) < 4.78 is 0. The molecule has 33 heavy (non-hydrogen) atoms. The first-order valence-corrected chi connectivity index (χ1v) is 13.3. The molecule has 4 aliphatic rings. The van der Waals surface area contributed by atoms with Crippen molar-refractivity contribution >= 4 is 11.8 Å². The number of nitrogens with one attached hydrogen (secondary N) is 3. The number of piperidine rings is 3. The van der Waals surface area contributed by atoms with Crippen LogP contribution in [0.15, 0.2) is 0 Å². The number of carbonyl (C=O) groups excluding carboxylic acids is 2. The summed E-state index contributed by atoms with van der Waals surface area (Å²) in [5.74, 6) is 1.83. The average Bonchev–Trinajstić information content (AvgIpc) is 2.77. The number of likely N-dealkylation sites (tertiary alicyclic amines) is 1. The van der Waals surface area contributed by atoms with Gasteiger partial charge in [0.2, 0.25) is 11.8 Å². The van der Waals surface area contributed by atoms with E-state index in [1.165, 1.54) is 0 Å². The van der Waals surface area contributed by atoms with Gasteiger partial charge in [-0.2, -0.15) is 0 Å². The molecule has 0 bridgehead atoms. The van der Waals surface area contributed by atoms with Crippen molar-refractivity contribution in [2.24, 2.45) is 29.6 Å². The molecule has 0 aromatic carbocycles. The SMILES string of the molecule is CC1CC2C(CN1)CC(C1CC(NC(=O)C3CCNC(C(C)(C)O)C3)CCC1C)C(=O)N2C. The maximum absolute atomic E-state index is 13.4. The Hall–Kier alpha value is -1.18. The lowest BCUT2D eigenvalue weighted by Crippen LogP contribution is -2.60. The van der Waals surface area contributed by atoms with Crippen molar-refractivity contribution < 1.29 is 14.7 Å². The zero-order chi connectivity index (χ0) is 23.9. The molecule has 4 fully saturated rings. The van der Waals surface area contributed by atoms with Gasteiger partial charge in [-0.25, -0.2) is 0 Å².